The monoisotopic (exact) mass is 463 g/mol. The van der Waals surface area contributed by atoms with Crippen LogP contribution < -0.4 is 4.72 Å². The highest BCUT2D eigenvalue weighted by Crippen LogP contribution is 2.28. The van der Waals surface area contributed by atoms with Crippen molar-refractivity contribution in [1.82, 2.24) is 10.1 Å². The molecule has 0 fully saturated rings. The molecule has 11 heteroatoms. The topological polar surface area (TPSA) is 122 Å². The number of sulfonamides is 1. The predicted octanol–water partition coefficient (Wildman–Crippen LogP) is 4.70. The van der Waals surface area contributed by atoms with Gasteiger partial charge in [0, 0.05) is 21.3 Å². The van der Waals surface area contributed by atoms with E-state index >= 15 is 0 Å². The first-order chi connectivity index (χ1) is 14.2. The van der Waals surface area contributed by atoms with Gasteiger partial charge in [0.1, 0.15) is 0 Å². The number of carboxylic acid groups (broad SMARTS) is 1. The van der Waals surface area contributed by atoms with E-state index in [4.69, 9.17) is 32.8 Å². The summed E-state index contributed by atoms with van der Waals surface area (Å²) in [7, 11) is -3.89. The second kappa shape index (κ2) is 7.60. The highest BCUT2D eigenvalue weighted by molar-refractivity contribution is 7.92. The smallest absolute Gasteiger partial charge is 0.377 e. The van der Waals surface area contributed by atoms with Crippen LogP contribution in [0.3, 0.4) is 0 Å². The maximum Gasteiger partial charge on any atom is 0.377 e. The Morgan fingerprint density at radius 3 is 2.30 bits per heavy atom. The van der Waals surface area contributed by atoms with Gasteiger partial charge in [-0.1, -0.05) is 35.3 Å². The minimum Gasteiger partial charge on any atom is -0.475 e. The van der Waals surface area contributed by atoms with E-state index < -0.39 is 21.8 Å². The average Bonchev–Trinajstić information content (AvgIpc) is 3.17. The largest absolute Gasteiger partial charge is 0.475 e. The molecule has 2 N–H and O–H groups in total. The number of carboxylic acids is 1. The fourth-order valence-electron chi connectivity index (χ4n) is 2.77. The van der Waals surface area contributed by atoms with E-state index in [1.807, 2.05) is 0 Å². The van der Waals surface area contributed by atoms with E-state index in [9.17, 15) is 13.2 Å². The molecule has 152 valence electrons. The minimum atomic E-state index is -3.89. The van der Waals surface area contributed by atoms with Crippen molar-refractivity contribution in [3.05, 3.63) is 70.5 Å². The van der Waals surface area contributed by atoms with Gasteiger partial charge >= 0.3 is 5.97 Å². The first-order valence-electron chi connectivity index (χ1n) is 8.31. The zero-order valence-corrected chi connectivity index (χ0v) is 17.2. The zero-order valence-electron chi connectivity index (χ0n) is 14.8. The van der Waals surface area contributed by atoms with Gasteiger partial charge in [-0.25, -0.2) is 13.2 Å². The first kappa shape index (κ1) is 20.1. The Morgan fingerprint density at radius 1 is 0.967 bits per heavy atom. The number of aromatic nitrogens is 2. The molecule has 0 unspecified atom stereocenters. The van der Waals surface area contributed by atoms with Crippen LogP contribution in [0.2, 0.25) is 10.0 Å². The van der Waals surface area contributed by atoms with Gasteiger partial charge in [0.25, 0.3) is 21.7 Å². The molecule has 8 nitrogen and oxygen atoms in total. The van der Waals surface area contributed by atoms with Crippen molar-refractivity contribution in [2.45, 2.75) is 4.90 Å². The van der Waals surface area contributed by atoms with Crippen LogP contribution >= 0.6 is 23.2 Å². The van der Waals surface area contributed by atoms with E-state index in [-0.39, 0.29) is 20.8 Å². The van der Waals surface area contributed by atoms with Crippen LogP contribution in [0.15, 0.2) is 64.0 Å². The summed E-state index contributed by atoms with van der Waals surface area (Å²) in [6.07, 6.45) is 0. The van der Waals surface area contributed by atoms with Gasteiger partial charge in [0.05, 0.1) is 4.90 Å². The van der Waals surface area contributed by atoms with Gasteiger partial charge in [0.2, 0.25) is 0 Å². The first-order valence-corrected chi connectivity index (χ1v) is 10.6. The van der Waals surface area contributed by atoms with Crippen LogP contribution in [0.25, 0.3) is 22.2 Å². The van der Waals surface area contributed by atoms with Crippen LogP contribution in [0.5, 0.6) is 0 Å². The Hall–Kier alpha value is -3.14. The predicted molar refractivity (Wildman–Crippen MR) is 111 cm³/mol. The van der Waals surface area contributed by atoms with Gasteiger partial charge in [0.15, 0.2) is 0 Å². The van der Waals surface area contributed by atoms with Crippen LogP contribution in [-0.2, 0) is 10.0 Å². The Bertz CT molecular complexity index is 1380. The molecule has 4 rings (SSSR count). The molecule has 0 atom stereocenters. The maximum atomic E-state index is 12.6. The second-order valence-electron chi connectivity index (χ2n) is 6.22. The highest BCUT2D eigenvalue weighted by atomic mass is 35.5. The lowest BCUT2D eigenvalue weighted by molar-refractivity contribution is 0.0680. The van der Waals surface area contributed by atoms with E-state index in [1.165, 1.54) is 18.2 Å². The van der Waals surface area contributed by atoms with Gasteiger partial charge in [-0.05, 0) is 58.4 Å². The SMILES string of the molecule is O=C(O)c1noc(-c2ccc3cc(NS(=O)(=O)c4cc(Cl)cc(Cl)c4)ccc3c2)n1. The highest BCUT2D eigenvalue weighted by Gasteiger charge is 2.17. The van der Waals surface area contributed by atoms with E-state index in [0.717, 1.165) is 10.8 Å². The van der Waals surface area contributed by atoms with Crippen LogP contribution in [0.1, 0.15) is 10.6 Å². The molecule has 1 aromatic heterocycles. The summed E-state index contributed by atoms with van der Waals surface area (Å²) in [6.45, 7) is 0. The minimum absolute atomic E-state index is 0.0546. The normalized spacial score (nSPS) is 11.5. The van der Waals surface area contributed by atoms with E-state index in [1.54, 1.807) is 36.4 Å². The molecular weight excluding hydrogens is 453 g/mol. The molecule has 0 saturated heterocycles. The van der Waals surface area contributed by atoms with Crippen molar-refractivity contribution >= 4 is 55.7 Å². The summed E-state index contributed by atoms with van der Waals surface area (Å²) in [5.74, 6) is -1.66. The number of nitrogens with zero attached hydrogens (tertiary/aromatic N) is 2. The van der Waals surface area contributed by atoms with Gasteiger partial charge in [-0.2, -0.15) is 4.98 Å². The Morgan fingerprint density at radius 2 is 1.63 bits per heavy atom. The maximum absolute atomic E-state index is 12.6. The van der Waals surface area contributed by atoms with E-state index in [0.29, 0.717) is 11.3 Å². The molecule has 4 aromatic rings. The number of fused-ring (bicyclic) bond motifs is 1. The summed E-state index contributed by atoms with van der Waals surface area (Å²) in [5.41, 5.74) is 0.877. The van der Waals surface area contributed by atoms with Gasteiger partial charge in [-0.15, -0.1) is 0 Å². The summed E-state index contributed by atoms with van der Waals surface area (Å²) < 4.78 is 32.7. The summed E-state index contributed by atoms with van der Waals surface area (Å²) in [5, 5.41) is 14.2. The quantitative estimate of drug-likeness (QED) is 0.439. The van der Waals surface area contributed by atoms with Crippen molar-refractivity contribution in [1.29, 1.82) is 0 Å². The third kappa shape index (κ3) is 4.09. The Kier molecular flexibility index (Phi) is 5.10. The summed E-state index contributed by atoms with van der Waals surface area (Å²) >= 11 is 11.8. The van der Waals surface area contributed by atoms with Crippen LogP contribution in [-0.4, -0.2) is 29.6 Å². The second-order valence-corrected chi connectivity index (χ2v) is 8.77. The lowest BCUT2D eigenvalue weighted by Gasteiger charge is -2.10. The number of halogens is 2. The third-order valence-corrected chi connectivity index (χ3v) is 5.90. The third-order valence-electron chi connectivity index (χ3n) is 4.10. The number of nitrogens with one attached hydrogen (secondary N) is 1. The number of carbonyl (C=O) groups is 1. The van der Waals surface area contributed by atoms with Gasteiger partial charge in [-0.3, -0.25) is 4.72 Å². The molecule has 1 heterocycles. The van der Waals surface area contributed by atoms with Crippen molar-refractivity contribution in [3.8, 4) is 11.5 Å². The molecule has 0 aliphatic rings. The Labute approximate surface area is 180 Å². The summed E-state index contributed by atoms with van der Waals surface area (Å²) in [4.78, 5) is 14.6. The molecule has 0 aliphatic carbocycles. The molecule has 0 spiro atoms. The van der Waals surface area contributed by atoms with E-state index in [2.05, 4.69) is 14.9 Å². The van der Waals surface area contributed by atoms with Crippen LogP contribution in [0, 0.1) is 0 Å². The number of benzene rings is 3. The molecule has 0 saturated carbocycles. The zero-order chi connectivity index (χ0) is 21.5. The van der Waals surface area contributed by atoms with Crippen molar-refractivity contribution in [2.75, 3.05) is 4.72 Å². The van der Waals surface area contributed by atoms with Crippen molar-refractivity contribution in [2.24, 2.45) is 0 Å². The van der Waals surface area contributed by atoms with Gasteiger partial charge < -0.3 is 9.63 Å². The lowest BCUT2D eigenvalue weighted by atomic mass is 10.1. The molecule has 30 heavy (non-hydrogen) atoms. The fraction of sp³-hybridized carbons (Fsp3) is 0. The molecule has 0 aliphatic heterocycles. The molecule has 3 aromatic carbocycles. The standard InChI is InChI=1S/C19H11Cl2N3O5S/c20-13-7-14(21)9-16(8-13)30(27,28)24-15-4-3-10-5-12(2-1-11(10)6-15)18-22-17(19(25)26)23-29-18/h1-9,24H,(H,25,26). The Balaban J connectivity index is 1.64. The lowest BCUT2D eigenvalue weighted by Crippen LogP contribution is -2.12. The summed E-state index contributed by atoms with van der Waals surface area (Å²) in [6, 6.07) is 14.1. The number of hydrogen-bond acceptors (Lipinski definition) is 6. The molecule has 0 radical (unpaired) electrons. The van der Waals surface area contributed by atoms with Crippen molar-refractivity contribution in [3.63, 3.8) is 0 Å². The number of anilines is 1. The fourth-order valence-corrected chi connectivity index (χ4v) is 4.54. The van der Waals surface area contributed by atoms with Crippen LogP contribution in [0.4, 0.5) is 5.69 Å². The molecule has 0 amide bonds. The number of hydrogen-bond donors (Lipinski definition) is 2. The molecule has 0 bridgehead atoms. The number of aromatic carboxylic acids is 1. The average molecular weight is 464 g/mol. The number of rotatable bonds is 5. The van der Waals surface area contributed by atoms with Crippen molar-refractivity contribution < 1.29 is 22.8 Å². The molecular formula is C19H11Cl2N3O5S.